The second kappa shape index (κ2) is 6.54. The molecule has 2 aromatic rings. The Labute approximate surface area is 134 Å². The number of nitrogens with zero attached hydrogens (tertiary/aromatic N) is 1. The van der Waals surface area contributed by atoms with E-state index < -0.39 is 11.6 Å². The topological polar surface area (TPSA) is 38.5 Å². The second-order valence-electron chi connectivity index (χ2n) is 5.97. The van der Waals surface area contributed by atoms with Gasteiger partial charge in [0.2, 0.25) is 0 Å². The Kier molecular flexibility index (Phi) is 4.48. The monoisotopic (exact) mass is 318 g/mol. The predicted octanol–water partition coefficient (Wildman–Crippen LogP) is 3.29. The first-order valence-electron chi connectivity index (χ1n) is 7.66. The van der Waals surface area contributed by atoms with Crippen molar-refractivity contribution in [1.82, 2.24) is 0 Å². The summed E-state index contributed by atoms with van der Waals surface area (Å²) in [7, 11) is 1.63. The standard InChI is InChI=1S/C18H20F2N2O/c1-23-16-5-2-12(3-6-16)13-8-15(21)11-22(10-13)18-7-4-14(19)9-17(18)20/h2-7,9,13,15H,8,10-11,21H2,1H3. The van der Waals surface area contributed by atoms with Crippen molar-refractivity contribution in [3.8, 4) is 5.75 Å². The molecule has 0 saturated carbocycles. The maximum atomic E-state index is 14.1. The van der Waals surface area contributed by atoms with E-state index in [1.54, 1.807) is 7.11 Å². The van der Waals surface area contributed by atoms with E-state index in [2.05, 4.69) is 0 Å². The van der Waals surface area contributed by atoms with Gasteiger partial charge in [-0.2, -0.15) is 0 Å². The SMILES string of the molecule is COc1ccc(C2CC(N)CN(c3ccc(F)cc3F)C2)cc1. The van der Waals surface area contributed by atoms with E-state index in [1.807, 2.05) is 29.2 Å². The summed E-state index contributed by atoms with van der Waals surface area (Å²) in [5.41, 5.74) is 7.71. The van der Waals surface area contributed by atoms with Crippen LogP contribution in [0.5, 0.6) is 5.75 Å². The quantitative estimate of drug-likeness (QED) is 0.944. The third kappa shape index (κ3) is 3.45. The lowest BCUT2D eigenvalue weighted by atomic mass is 9.88. The Morgan fingerprint density at radius 1 is 1.09 bits per heavy atom. The minimum atomic E-state index is -0.570. The molecule has 2 atom stereocenters. The third-order valence-electron chi connectivity index (χ3n) is 4.32. The van der Waals surface area contributed by atoms with Gasteiger partial charge in [0.15, 0.2) is 0 Å². The smallest absolute Gasteiger partial charge is 0.149 e. The number of rotatable bonds is 3. The average Bonchev–Trinajstić information content (AvgIpc) is 2.54. The van der Waals surface area contributed by atoms with E-state index in [1.165, 1.54) is 12.1 Å². The molecule has 3 rings (SSSR count). The molecule has 122 valence electrons. The molecule has 0 bridgehead atoms. The van der Waals surface area contributed by atoms with Crippen molar-refractivity contribution >= 4 is 5.69 Å². The van der Waals surface area contributed by atoms with E-state index in [0.717, 1.165) is 23.8 Å². The van der Waals surface area contributed by atoms with Gasteiger partial charge in [0.25, 0.3) is 0 Å². The Balaban J connectivity index is 1.83. The summed E-state index contributed by atoms with van der Waals surface area (Å²) in [5.74, 6) is -0.115. The van der Waals surface area contributed by atoms with Crippen LogP contribution in [0.3, 0.4) is 0 Å². The molecule has 0 spiro atoms. The number of ether oxygens (including phenoxy) is 1. The number of hydrogen-bond acceptors (Lipinski definition) is 3. The summed E-state index contributed by atoms with van der Waals surface area (Å²) in [6.07, 6.45) is 0.839. The molecule has 2 aromatic carbocycles. The summed E-state index contributed by atoms with van der Waals surface area (Å²) in [6.45, 7) is 1.22. The molecule has 2 N–H and O–H groups in total. The van der Waals surface area contributed by atoms with Crippen LogP contribution in [-0.2, 0) is 0 Å². The van der Waals surface area contributed by atoms with Crippen LogP contribution in [-0.4, -0.2) is 26.2 Å². The second-order valence-corrected chi connectivity index (χ2v) is 5.97. The highest BCUT2D eigenvalue weighted by Gasteiger charge is 2.27. The molecule has 0 aliphatic carbocycles. The van der Waals surface area contributed by atoms with Crippen molar-refractivity contribution in [3.63, 3.8) is 0 Å². The van der Waals surface area contributed by atoms with Crippen molar-refractivity contribution in [1.29, 1.82) is 0 Å². The first kappa shape index (κ1) is 15.7. The van der Waals surface area contributed by atoms with Gasteiger partial charge in [0.1, 0.15) is 17.4 Å². The molecule has 1 aliphatic rings. The fraction of sp³-hybridized carbons (Fsp3) is 0.333. The fourth-order valence-corrected chi connectivity index (χ4v) is 3.19. The molecular weight excluding hydrogens is 298 g/mol. The Morgan fingerprint density at radius 2 is 1.83 bits per heavy atom. The molecule has 5 heteroatoms. The molecule has 23 heavy (non-hydrogen) atoms. The number of nitrogens with two attached hydrogens (primary N) is 1. The lowest BCUT2D eigenvalue weighted by molar-refractivity contribution is 0.413. The predicted molar refractivity (Wildman–Crippen MR) is 86.9 cm³/mol. The Hall–Kier alpha value is -2.14. The highest BCUT2D eigenvalue weighted by molar-refractivity contribution is 5.49. The normalized spacial score (nSPS) is 21.3. The van der Waals surface area contributed by atoms with Crippen LogP contribution in [0.2, 0.25) is 0 Å². The molecule has 2 unspecified atom stereocenters. The van der Waals surface area contributed by atoms with Crippen LogP contribution in [0.4, 0.5) is 14.5 Å². The molecule has 1 fully saturated rings. The number of halogens is 2. The van der Waals surface area contributed by atoms with Gasteiger partial charge in [-0.05, 0) is 36.2 Å². The number of methoxy groups -OCH3 is 1. The van der Waals surface area contributed by atoms with E-state index in [4.69, 9.17) is 10.5 Å². The number of anilines is 1. The number of benzene rings is 2. The summed E-state index contributed by atoms with van der Waals surface area (Å²) >= 11 is 0. The maximum absolute atomic E-state index is 14.1. The van der Waals surface area contributed by atoms with Crippen LogP contribution in [0, 0.1) is 11.6 Å². The first-order valence-corrected chi connectivity index (χ1v) is 7.66. The molecule has 0 radical (unpaired) electrons. The van der Waals surface area contributed by atoms with E-state index in [-0.39, 0.29) is 12.0 Å². The largest absolute Gasteiger partial charge is 0.497 e. The lowest BCUT2D eigenvalue weighted by Gasteiger charge is -2.38. The van der Waals surface area contributed by atoms with Crippen LogP contribution in [0.1, 0.15) is 17.9 Å². The van der Waals surface area contributed by atoms with Gasteiger partial charge in [-0.1, -0.05) is 12.1 Å². The molecule has 0 amide bonds. The average molecular weight is 318 g/mol. The maximum Gasteiger partial charge on any atom is 0.149 e. The summed E-state index contributed by atoms with van der Waals surface area (Å²) in [6, 6.07) is 11.5. The van der Waals surface area contributed by atoms with E-state index >= 15 is 0 Å². The van der Waals surface area contributed by atoms with Gasteiger partial charge in [0, 0.05) is 31.1 Å². The fourth-order valence-electron chi connectivity index (χ4n) is 3.19. The van der Waals surface area contributed by atoms with Gasteiger partial charge in [-0.25, -0.2) is 8.78 Å². The Morgan fingerprint density at radius 3 is 2.48 bits per heavy atom. The van der Waals surface area contributed by atoms with Crippen LogP contribution < -0.4 is 15.4 Å². The van der Waals surface area contributed by atoms with Crippen molar-refractivity contribution in [2.24, 2.45) is 5.73 Å². The third-order valence-corrected chi connectivity index (χ3v) is 4.32. The van der Waals surface area contributed by atoms with Crippen molar-refractivity contribution in [3.05, 3.63) is 59.7 Å². The van der Waals surface area contributed by atoms with Crippen LogP contribution in [0.25, 0.3) is 0 Å². The number of piperidine rings is 1. The molecule has 1 heterocycles. The first-order chi connectivity index (χ1) is 11.1. The van der Waals surface area contributed by atoms with Crippen LogP contribution >= 0.6 is 0 Å². The molecular formula is C18H20F2N2O. The molecule has 3 nitrogen and oxygen atoms in total. The minimum Gasteiger partial charge on any atom is -0.497 e. The van der Waals surface area contributed by atoms with Crippen molar-refractivity contribution < 1.29 is 13.5 Å². The Bertz CT molecular complexity index is 675. The molecule has 1 saturated heterocycles. The zero-order chi connectivity index (χ0) is 16.4. The summed E-state index contributed by atoms with van der Waals surface area (Å²) in [4.78, 5) is 1.90. The van der Waals surface area contributed by atoms with Gasteiger partial charge in [0.05, 0.1) is 12.8 Å². The number of hydrogen-bond donors (Lipinski definition) is 1. The van der Waals surface area contributed by atoms with Gasteiger partial charge < -0.3 is 15.4 Å². The highest BCUT2D eigenvalue weighted by atomic mass is 19.1. The van der Waals surface area contributed by atoms with Gasteiger partial charge in [-0.3, -0.25) is 0 Å². The lowest BCUT2D eigenvalue weighted by Crippen LogP contribution is -2.46. The minimum absolute atomic E-state index is 0.0553. The van der Waals surface area contributed by atoms with E-state index in [9.17, 15) is 8.78 Å². The van der Waals surface area contributed by atoms with Crippen molar-refractivity contribution in [2.45, 2.75) is 18.4 Å². The van der Waals surface area contributed by atoms with E-state index in [0.29, 0.717) is 18.8 Å². The summed E-state index contributed by atoms with van der Waals surface area (Å²) in [5, 5.41) is 0. The zero-order valence-electron chi connectivity index (χ0n) is 13.0. The van der Waals surface area contributed by atoms with Crippen LogP contribution in [0.15, 0.2) is 42.5 Å². The van der Waals surface area contributed by atoms with Gasteiger partial charge in [-0.15, -0.1) is 0 Å². The zero-order valence-corrected chi connectivity index (χ0v) is 13.0. The van der Waals surface area contributed by atoms with Gasteiger partial charge >= 0.3 is 0 Å². The molecule has 1 aliphatic heterocycles. The molecule has 0 aromatic heterocycles. The summed E-state index contributed by atoms with van der Waals surface area (Å²) < 4.78 is 32.3. The highest BCUT2D eigenvalue weighted by Crippen LogP contribution is 2.31. The van der Waals surface area contributed by atoms with Crippen molar-refractivity contribution in [2.75, 3.05) is 25.1 Å².